The zero-order valence-corrected chi connectivity index (χ0v) is 7.09. The molecule has 0 bridgehead atoms. The number of rotatable bonds is 4. The van der Waals surface area contributed by atoms with Crippen LogP contribution in [0.25, 0.3) is 0 Å². The highest BCUT2D eigenvalue weighted by Crippen LogP contribution is 2.16. The monoisotopic (exact) mass is 215 g/mol. The minimum atomic E-state index is -4.91. The Balaban J connectivity index is 4.11. The summed E-state index contributed by atoms with van der Waals surface area (Å²) in [6.45, 7) is -0.165. The molecule has 0 radical (unpaired) electrons. The average molecular weight is 215 g/mol. The lowest BCUT2D eigenvalue weighted by molar-refractivity contribution is -0.325. The molecule has 1 amide bonds. The maximum absolute atomic E-state index is 11.5. The molecule has 0 saturated heterocycles. The molecular formula is C6H8F3NO4. The van der Waals surface area contributed by atoms with E-state index in [1.54, 1.807) is 5.32 Å². The van der Waals surface area contributed by atoms with E-state index < -0.39 is 30.9 Å². The molecule has 0 aromatic heterocycles. The maximum atomic E-state index is 11.5. The molecule has 82 valence electrons. The molecule has 0 aromatic rings. The number of amides is 1. The molecule has 0 spiro atoms. The fourth-order valence-corrected chi connectivity index (χ4v) is 0.598. The van der Waals surface area contributed by atoms with Crippen LogP contribution in [-0.4, -0.2) is 36.0 Å². The van der Waals surface area contributed by atoms with Crippen LogP contribution in [0.4, 0.5) is 13.2 Å². The van der Waals surface area contributed by atoms with Gasteiger partial charge >= 0.3 is 12.3 Å². The summed E-state index contributed by atoms with van der Waals surface area (Å²) in [4.78, 5) is 20.7. The van der Waals surface area contributed by atoms with E-state index >= 15 is 0 Å². The van der Waals surface area contributed by atoms with E-state index in [1.807, 2.05) is 0 Å². The molecule has 0 rings (SSSR count). The van der Waals surface area contributed by atoms with Gasteiger partial charge in [0.2, 0.25) is 5.91 Å². The van der Waals surface area contributed by atoms with Gasteiger partial charge in [-0.15, -0.1) is 13.2 Å². The number of alkyl halides is 3. The highest BCUT2D eigenvalue weighted by Gasteiger charge is 2.32. The van der Waals surface area contributed by atoms with Crippen molar-refractivity contribution in [1.82, 2.24) is 5.32 Å². The van der Waals surface area contributed by atoms with Crippen LogP contribution in [0.1, 0.15) is 6.92 Å². The predicted octanol–water partition coefficient (Wildman–Crippen LogP) is 0.112. The number of carboxylic acid groups (broad SMARTS) is 1. The van der Waals surface area contributed by atoms with Crippen LogP contribution in [0.15, 0.2) is 0 Å². The maximum Gasteiger partial charge on any atom is 0.522 e. The second-order valence-corrected chi connectivity index (χ2v) is 2.35. The van der Waals surface area contributed by atoms with E-state index in [2.05, 4.69) is 4.74 Å². The Morgan fingerprint density at radius 2 is 2.00 bits per heavy atom. The van der Waals surface area contributed by atoms with Crippen molar-refractivity contribution in [2.24, 2.45) is 0 Å². The molecule has 8 heteroatoms. The highest BCUT2D eigenvalue weighted by atomic mass is 19.4. The van der Waals surface area contributed by atoms with Crippen LogP contribution in [0.3, 0.4) is 0 Å². The summed E-state index contributed by atoms with van der Waals surface area (Å²) in [5.41, 5.74) is 0. The van der Waals surface area contributed by atoms with Gasteiger partial charge in [0.25, 0.3) is 0 Å². The van der Waals surface area contributed by atoms with Gasteiger partial charge in [0.1, 0.15) is 0 Å². The number of ether oxygens (including phenoxy) is 1. The Hall–Kier alpha value is -1.31. The van der Waals surface area contributed by atoms with Gasteiger partial charge in [-0.05, 0) is 0 Å². The smallest absolute Gasteiger partial charge is 0.480 e. The van der Waals surface area contributed by atoms with Crippen LogP contribution in [-0.2, 0) is 14.3 Å². The van der Waals surface area contributed by atoms with Crippen molar-refractivity contribution in [3.63, 3.8) is 0 Å². The Morgan fingerprint density at radius 3 is 2.29 bits per heavy atom. The summed E-state index contributed by atoms with van der Waals surface area (Å²) >= 11 is 0. The molecule has 0 heterocycles. The van der Waals surface area contributed by atoms with E-state index in [4.69, 9.17) is 5.11 Å². The molecule has 14 heavy (non-hydrogen) atoms. The Labute approximate surface area is 76.8 Å². The second kappa shape index (κ2) is 4.80. The molecule has 2 N–H and O–H groups in total. The number of halogens is 3. The predicted molar refractivity (Wildman–Crippen MR) is 37.2 cm³/mol. The number of hydrogen-bond acceptors (Lipinski definition) is 3. The van der Waals surface area contributed by atoms with Crippen molar-refractivity contribution in [2.75, 3.05) is 6.61 Å². The fraction of sp³-hybridized carbons (Fsp3) is 0.667. The van der Waals surface area contributed by atoms with Gasteiger partial charge in [0.05, 0.1) is 6.61 Å². The van der Waals surface area contributed by atoms with Crippen molar-refractivity contribution in [3.8, 4) is 0 Å². The minimum Gasteiger partial charge on any atom is -0.480 e. The van der Waals surface area contributed by atoms with E-state index in [1.165, 1.54) is 0 Å². The average Bonchev–Trinajstić information content (AvgIpc) is 1.94. The van der Waals surface area contributed by atoms with E-state index in [9.17, 15) is 22.8 Å². The molecule has 0 aliphatic carbocycles. The molecular weight excluding hydrogens is 207 g/mol. The molecule has 0 aliphatic heterocycles. The first-order valence-corrected chi connectivity index (χ1v) is 3.43. The number of nitrogens with one attached hydrogen (secondary N) is 1. The topological polar surface area (TPSA) is 75.6 Å². The third-order valence-electron chi connectivity index (χ3n) is 1.09. The number of carbonyl (C=O) groups is 2. The lowest BCUT2D eigenvalue weighted by atomic mass is 10.3. The summed E-state index contributed by atoms with van der Waals surface area (Å²) in [5, 5.41) is 10.1. The molecule has 0 saturated carbocycles. The van der Waals surface area contributed by atoms with Gasteiger partial charge in [-0.3, -0.25) is 9.53 Å². The van der Waals surface area contributed by atoms with E-state index in [0.717, 1.165) is 6.92 Å². The molecule has 1 atom stereocenters. The van der Waals surface area contributed by atoms with Crippen molar-refractivity contribution >= 4 is 11.9 Å². The van der Waals surface area contributed by atoms with Gasteiger partial charge < -0.3 is 10.4 Å². The van der Waals surface area contributed by atoms with Crippen molar-refractivity contribution in [3.05, 3.63) is 0 Å². The van der Waals surface area contributed by atoms with Crippen LogP contribution >= 0.6 is 0 Å². The normalized spacial score (nSPS) is 13.4. The second-order valence-electron chi connectivity index (χ2n) is 2.35. The largest absolute Gasteiger partial charge is 0.522 e. The lowest BCUT2D eigenvalue weighted by Gasteiger charge is -2.14. The number of aliphatic carboxylic acids is 1. The Morgan fingerprint density at radius 1 is 1.50 bits per heavy atom. The summed E-state index contributed by atoms with van der Waals surface area (Å²) < 4.78 is 37.7. The van der Waals surface area contributed by atoms with Crippen LogP contribution in [0.5, 0.6) is 0 Å². The third-order valence-corrected chi connectivity index (χ3v) is 1.09. The van der Waals surface area contributed by atoms with Gasteiger partial charge in [0.15, 0.2) is 6.04 Å². The van der Waals surface area contributed by atoms with E-state index in [-0.39, 0.29) is 0 Å². The lowest BCUT2D eigenvalue weighted by Crippen LogP contribution is -2.44. The van der Waals surface area contributed by atoms with Crippen molar-refractivity contribution in [2.45, 2.75) is 19.3 Å². The summed E-state index contributed by atoms with van der Waals surface area (Å²) in [6.07, 6.45) is -4.91. The summed E-state index contributed by atoms with van der Waals surface area (Å²) in [5.74, 6) is -2.34. The number of carbonyl (C=O) groups excluding carboxylic acids is 1. The van der Waals surface area contributed by atoms with Gasteiger partial charge in [0, 0.05) is 6.92 Å². The van der Waals surface area contributed by atoms with Crippen LogP contribution in [0.2, 0.25) is 0 Å². The molecule has 0 fully saturated rings. The van der Waals surface area contributed by atoms with Crippen molar-refractivity contribution in [1.29, 1.82) is 0 Å². The fourth-order valence-electron chi connectivity index (χ4n) is 0.598. The molecule has 0 aliphatic rings. The number of carboxylic acids is 1. The van der Waals surface area contributed by atoms with Crippen LogP contribution in [0, 0.1) is 0 Å². The zero-order chi connectivity index (χ0) is 11.4. The van der Waals surface area contributed by atoms with Gasteiger partial charge in [-0.25, -0.2) is 4.79 Å². The molecule has 5 nitrogen and oxygen atoms in total. The number of hydrogen-bond donors (Lipinski definition) is 2. The first kappa shape index (κ1) is 12.7. The quantitative estimate of drug-likeness (QED) is 0.698. The minimum absolute atomic E-state index is 0.747. The third kappa shape index (κ3) is 6.23. The van der Waals surface area contributed by atoms with E-state index in [0.29, 0.717) is 0 Å². The Bertz CT molecular complexity index is 228. The summed E-state index contributed by atoms with van der Waals surface area (Å²) in [7, 11) is 0. The SMILES string of the molecule is CC(=O)N[C@H](COC(F)(F)F)C(=O)O. The zero-order valence-electron chi connectivity index (χ0n) is 7.09. The van der Waals surface area contributed by atoms with Gasteiger partial charge in [-0.1, -0.05) is 0 Å². The molecule has 0 aromatic carbocycles. The molecule has 0 unspecified atom stereocenters. The highest BCUT2D eigenvalue weighted by molar-refractivity contribution is 5.82. The summed E-state index contributed by atoms with van der Waals surface area (Å²) in [6, 6.07) is -1.70. The first-order valence-electron chi connectivity index (χ1n) is 3.43. The van der Waals surface area contributed by atoms with Gasteiger partial charge in [-0.2, -0.15) is 0 Å². The van der Waals surface area contributed by atoms with Crippen LogP contribution < -0.4 is 5.32 Å². The first-order chi connectivity index (χ1) is 6.22. The standard InChI is InChI=1S/C6H8F3NO4/c1-3(11)10-4(5(12)13)2-14-6(7,8)9/h4H,2H2,1H3,(H,10,11)(H,12,13)/t4-/m1/s1. The van der Waals surface area contributed by atoms with Crippen molar-refractivity contribution < 1.29 is 32.6 Å². The Kier molecular flexibility index (Phi) is 4.35.